The van der Waals surface area contributed by atoms with Crippen LogP contribution in [-0.2, 0) is 11.8 Å². The molecule has 0 heterocycles. The highest BCUT2D eigenvalue weighted by Crippen LogP contribution is 2.43. The van der Waals surface area contributed by atoms with Crippen LogP contribution in [0.15, 0.2) is 115 Å². The first-order chi connectivity index (χ1) is 17.2. The molecule has 0 aliphatic rings. The molecular weight excluding hydrogens is 468 g/mol. The van der Waals surface area contributed by atoms with Crippen molar-refractivity contribution < 1.29 is 27.0 Å². The van der Waals surface area contributed by atoms with Gasteiger partial charge in [0, 0.05) is 0 Å². The molecule has 0 saturated carbocycles. The van der Waals surface area contributed by atoms with Gasteiger partial charge in [0.05, 0.1) is 0 Å². The molecule has 184 valence electrons. The van der Waals surface area contributed by atoms with Gasteiger partial charge in [-0.1, -0.05) is 66.7 Å². The number of benzene rings is 4. The van der Waals surface area contributed by atoms with Crippen LogP contribution in [0.4, 0.5) is 17.6 Å². The van der Waals surface area contributed by atoms with Crippen molar-refractivity contribution in [1.29, 1.82) is 0 Å². The molecule has 4 aromatic rings. The zero-order valence-electron chi connectivity index (χ0n) is 19.5. The van der Waals surface area contributed by atoms with Gasteiger partial charge in [0.2, 0.25) is 0 Å². The second kappa shape index (κ2) is 10.7. The first-order valence-corrected chi connectivity index (χ1v) is 11.3. The molecule has 0 spiro atoms. The summed E-state index contributed by atoms with van der Waals surface area (Å²) < 4.78 is 68.0. The third kappa shape index (κ3) is 5.95. The average molecular weight is 493 g/mol. The lowest BCUT2D eigenvalue weighted by molar-refractivity contribution is -0.171. The largest absolute Gasteiger partial charge is 0.457 e. The van der Waals surface area contributed by atoms with Crippen molar-refractivity contribution >= 4 is 0 Å². The molecule has 36 heavy (non-hydrogen) atoms. The van der Waals surface area contributed by atoms with Crippen molar-refractivity contribution in [3.8, 4) is 23.0 Å². The van der Waals surface area contributed by atoms with E-state index in [1.165, 1.54) is 48.5 Å². The summed E-state index contributed by atoms with van der Waals surface area (Å²) in [6.07, 6.45) is -1.77. The Labute approximate surface area is 207 Å². The number of ether oxygens (including phenoxy) is 2. The molecular formula is C30H24F4O2. The van der Waals surface area contributed by atoms with Crippen molar-refractivity contribution in [2.75, 3.05) is 0 Å². The van der Waals surface area contributed by atoms with Gasteiger partial charge in [0.1, 0.15) is 22.7 Å². The molecule has 0 bridgehead atoms. The minimum atomic E-state index is -4.53. The van der Waals surface area contributed by atoms with E-state index in [0.717, 1.165) is 13.0 Å². The molecule has 0 aliphatic carbocycles. The molecule has 0 fully saturated rings. The monoisotopic (exact) mass is 492 g/mol. The summed E-state index contributed by atoms with van der Waals surface area (Å²) in [4.78, 5) is 0. The zero-order chi connectivity index (χ0) is 25.6. The molecule has 2 nitrogen and oxygen atoms in total. The number of hydrogen-bond donors (Lipinski definition) is 0. The minimum Gasteiger partial charge on any atom is -0.457 e. The molecule has 0 amide bonds. The SMILES string of the molecule is CC(/C=C/Cc1ccc(F)c(Oc2ccccc2)c1)(c1ccc(Oc2ccccc2)cc1)C(F)(F)F. The fourth-order valence-corrected chi connectivity index (χ4v) is 3.65. The zero-order valence-corrected chi connectivity index (χ0v) is 19.5. The lowest BCUT2D eigenvalue weighted by atomic mass is 9.81. The first-order valence-electron chi connectivity index (χ1n) is 11.3. The summed E-state index contributed by atoms with van der Waals surface area (Å²) in [5.74, 6) is 0.965. The van der Waals surface area contributed by atoms with Gasteiger partial charge in [0.15, 0.2) is 11.6 Å². The topological polar surface area (TPSA) is 18.5 Å². The van der Waals surface area contributed by atoms with E-state index in [9.17, 15) is 17.6 Å². The van der Waals surface area contributed by atoms with Crippen molar-refractivity contribution in [2.45, 2.75) is 24.9 Å². The summed E-state index contributed by atoms with van der Waals surface area (Å²) >= 11 is 0. The third-order valence-corrected chi connectivity index (χ3v) is 5.79. The fourth-order valence-electron chi connectivity index (χ4n) is 3.65. The fraction of sp³-hybridized carbons (Fsp3) is 0.133. The van der Waals surface area contributed by atoms with Gasteiger partial charge in [0.25, 0.3) is 0 Å². The molecule has 4 aromatic carbocycles. The van der Waals surface area contributed by atoms with Crippen LogP contribution in [0.5, 0.6) is 23.0 Å². The quantitative estimate of drug-likeness (QED) is 0.180. The third-order valence-electron chi connectivity index (χ3n) is 5.79. The van der Waals surface area contributed by atoms with Crippen molar-refractivity contribution in [1.82, 2.24) is 0 Å². The van der Waals surface area contributed by atoms with Crippen LogP contribution in [0.25, 0.3) is 0 Å². The minimum absolute atomic E-state index is 0.0136. The van der Waals surface area contributed by atoms with E-state index >= 15 is 0 Å². The highest BCUT2D eigenvalue weighted by atomic mass is 19.4. The van der Waals surface area contributed by atoms with Gasteiger partial charge in [-0.15, -0.1) is 0 Å². The highest BCUT2D eigenvalue weighted by molar-refractivity contribution is 5.40. The molecule has 0 aliphatic heterocycles. The van der Waals surface area contributed by atoms with Crippen LogP contribution in [0, 0.1) is 5.82 Å². The molecule has 0 saturated heterocycles. The molecule has 0 aromatic heterocycles. The first kappa shape index (κ1) is 25.0. The van der Waals surface area contributed by atoms with Gasteiger partial charge in [-0.05, 0) is 73.0 Å². The van der Waals surface area contributed by atoms with Crippen LogP contribution in [-0.4, -0.2) is 6.18 Å². The van der Waals surface area contributed by atoms with Crippen LogP contribution < -0.4 is 9.47 Å². The number of hydrogen-bond acceptors (Lipinski definition) is 2. The Hall–Kier alpha value is -4.06. The van der Waals surface area contributed by atoms with E-state index in [0.29, 0.717) is 22.8 Å². The second-order valence-electron chi connectivity index (χ2n) is 8.43. The Bertz CT molecular complexity index is 1300. The Balaban J connectivity index is 1.51. The Morgan fingerprint density at radius 2 is 1.25 bits per heavy atom. The average Bonchev–Trinajstić information content (AvgIpc) is 2.87. The summed E-state index contributed by atoms with van der Waals surface area (Å²) in [6, 6.07) is 27.9. The molecule has 1 atom stereocenters. The number of para-hydroxylation sites is 2. The Morgan fingerprint density at radius 3 is 1.83 bits per heavy atom. The lowest BCUT2D eigenvalue weighted by Gasteiger charge is -2.29. The highest BCUT2D eigenvalue weighted by Gasteiger charge is 2.50. The number of halogens is 4. The van der Waals surface area contributed by atoms with Crippen LogP contribution in [0.2, 0.25) is 0 Å². The molecule has 6 heteroatoms. The predicted octanol–water partition coefficient (Wildman–Crippen LogP) is 9.03. The Morgan fingerprint density at radius 1 is 0.694 bits per heavy atom. The second-order valence-corrected chi connectivity index (χ2v) is 8.43. The summed E-state index contributed by atoms with van der Waals surface area (Å²) in [5, 5.41) is 0. The molecule has 4 rings (SSSR count). The maximum absolute atomic E-state index is 14.2. The summed E-state index contributed by atoms with van der Waals surface area (Å²) in [5.41, 5.74) is -1.52. The van der Waals surface area contributed by atoms with E-state index < -0.39 is 17.4 Å². The molecule has 0 N–H and O–H groups in total. The van der Waals surface area contributed by atoms with Crippen LogP contribution in [0.3, 0.4) is 0 Å². The number of alkyl halides is 3. The van der Waals surface area contributed by atoms with Crippen molar-refractivity contribution in [3.05, 3.63) is 132 Å². The van der Waals surface area contributed by atoms with Crippen LogP contribution >= 0.6 is 0 Å². The van der Waals surface area contributed by atoms with Gasteiger partial charge in [-0.3, -0.25) is 0 Å². The molecule has 0 radical (unpaired) electrons. The van der Waals surface area contributed by atoms with Gasteiger partial charge in [-0.2, -0.15) is 13.2 Å². The van der Waals surface area contributed by atoms with Crippen molar-refractivity contribution in [3.63, 3.8) is 0 Å². The van der Waals surface area contributed by atoms with E-state index in [1.54, 1.807) is 36.4 Å². The molecule has 1 unspecified atom stereocenters. The van der Waals surface area contributed by atoms with Gasteiger partial charge in [-0.25, -0.2) is 4.39 Å². The summed E-state index contributed by atoms with van der Waals surface area (Å²) in [7, 11) is 0. The maximum Gasteiger partial charge on any atom is 0.401 e. The van der Waals surface area contributed by atoms with Crippen LogP contribution in [0.1, 0.15) is 18.1 Å². The summed E-state index contributed by atoms with van der Waals surface area (Å²) in [6.45, 7) is 1.13. The van der Waals surface area contributed by atoms with Gasteiger partial charge >= 0.3 is 6.18 Å². The smallest absolute Gasteiger partial charge is 0.401 e. The standard InChI is InChI=1S/C30H24F4O2/c1-29(30(32,33)34,23-15-17-26(18-16-23)35-24-10-4-2-5-11-24)20-8-9-22-14-19-27(31)28(21-22)36-25-12-6-3-7-13-25/h2-8,10-21H,9H2,1H3/b20-8+. The van der Waals surface area contributed by atoms with E-state index in [2.05, 4.69) is 0 Å². The number of rotatable bonds is 8. The number of allylic oxidation sites excluding steroid dienone is 2. The van der Waals surface area contributed by atoms with E-state index in [4.69, 9.17) is 9.47 Å². The van der Waals surface area contributed by atoms with E-state index in [1.807, 2.05) is 24.3 Å². The van der Waals surface area contributed by atoms with Gasteiger partial charge < -0.3 is 9.47 Å². The van der Waals surface area contributed by atoms with Crippen molar-refractivity contribution in [2.24, 2.45) is 0 Å². The predicted molar refractivity (Wildman–Crippen MR) is 132 cm³/mol. The Kier molecular flexibility index (Phi) is 7.44. The lowest BCUT2D eigenvalue weighted by Crippen LogP contribution is -2.37. The maximum atomic E-state index is 14.2. The normalized spacial score (nSPS) is 13.4. The van der Waals surface area contributed by atoms with E-state index in [-0.39, 0.29) is 17.7 Å².